The van der Waals surface area contributed by atoms with E-state index in [9.17, 15) is 14.4 Å². The average Bonchev–Trinajstić information content (AvgIpc) is 2.85. The van der Waals surface area contributed by atoms with Gasteiger partial charge in [-0.3, -0.25) is 14.4 Å². The van der Waals surface area contributed by atoms with Gasteiger partial charge < -0.3 is 19.9 Å². The number of rotatable bonds is 9. The Balaban J connectivity index is 1.83. The van der Waals surface area contributed by atoms with Crippen molar-refractivity contribution in [2.45, 2.75) is 78.3 Å². The molecule has 3 amide bonds. The maximum absolute atomic E-state index is 13.5. The molecule has 0 aromatic heterocycles. The average molecular weight is 470 g/mol. The first-order chi connectivity index (χ1) is 16.4. The summed E-state index contributed by atoms with van der Waals surface area (Å²) in [6, 6.07) is 7.76. The van der Waals surface area contributed by atoms with E-state index in [1.165, 1.54) is 6.42 Å². The number of methoxy groups -OCH3 is 1. The van der Waals surface area contributed by atoms with Gasteiger partial charge in [-0.2, -0.15) is 0 Å². The zero-order valence-electron chi connectivity index (χ0n) is 21.1. The molecule has 0 bridgehead atoms. The van der Waals surface area contributed by atoms with Crippen LogP contribution in [0.15, 0.2) is 35.5 Å². The molecule has 7 nitrogen and oxygen atoms in total. The Morgan fingerprint density at radius 1 is 1.09 bits per heavy atom. The second-order valence-corrected chi connectivity index (χ2v) is 9.32. The van der Waals surface area contributed by atoms with Crippen LogP contribution in [0.4, 0.5) is 0 Å². The highest BCUT2D eigenvalue weighted by atomic mass is 16.5. The Labute approximate surface area is 203 Å². The molecule has 1 aromatic carbocycles. The molecule has 1 aliphatic heterocycles. The molecular weight excluding hydrogens is 430 g/mol. The lowest BCUT2D eigenvalue weighted by Crippen LogP contribution is -2.45. The van der Waals surface area contributed by atoms with Crippen molar-refractivity contribution in [2.24, 2.45) is 5.92 Å². The van der Waals surface area contributed by atoms with Crippen molar-refractivity contribution in [3.8, 4) is 5.75 Å². The summed E-state index contributed by atoms with van der Waals surface area (Å²) >= 11 is 0. The predicted molar refractivity (Wildman–Crippen MR) is 132 cm³/mol. The van der Waals surface area contributed by atoms with Gasteiger partial charge in [-0.05, 0) is 57.7 Å². The van der Waals surface area contributed by atoms with E-state index < -0.39 is 5.92 Å². The standard InChI is InChI=1S/C27H39N3O4/c1-5-29(6-2)27(33)24-16-21(17-25(31)28-22-10-8-7-9-11-22)26(32)30(19(24)3)18-20-12-14-23(34-4)15-13-20/h12-15,21-22H,5-11,16-18H2,1-4H3,(H,28,31). The van der Waals surface area contributed by atoms with Gasteiger partial charge in [-0.15, -0.1) is 0 Å². The molecule has 186 valence electrons. The van der Waals surface area contributed by atoms with Crippen molar-refractivity contribution >= 4 is 17.7 Å². The molecule has 1 unspecified atom stereocenters. The predicted octanol–water partition coefficient (Wildman–Crippen LogP) is 4.03. The van der Waals surface area contributed by atoms with E-state index >= 15 is 0 Å². The van der Waals surface area contributed by atoms with Gasteiger partial charge in [0.2, 0.25) is 11.8 Å². The number of likely N-dealkylation sites (N-methyl/N-ethyl adjacent to an activating group) is 1. The normalized spacial score (nSPS) is 19.2. The molecule has 1 N–H and O–H groups in total. The van der Waals surface area contributed by atoms with Gasteiger partial charge in [-0.1, -0.05) is 31.4 Å². The van der Waals surface area contributed by atoms with Gasteiger partial charge in [0.15, 0.2) is 0 Å². The van der Waals surface area contributed by atoms with Gasteiger partial charge >= 0.3 is 0 Å². The Hall–Kier alpha value is -2.83. The summed E-state index contributed by atoms with van der Waals surface area (Å²) in [6.45, 7) is 7.31. The zero-order chi connectivity index (χ0) is 24.7. The summed E-state index contributed by atoms with van der Waals surface area (Å²) in [6.07, 6.45) is 5.89. The fraction of sp³-hybridized carbons (Fsp3) is 0.593. The van der Waals surface area contributed by atoms with E-state index in [2.05, 4.69) is 5.32 Å². The largest absolute Gasteiger partial charge is 0.497 e. The van der Waals surface area contributed by atoms with Crippen LogP contribution in [0.1, 0.15) is 71.3 Å². The molecule has 1 fully saturated rings. The molecule has 2 aliphatic rings. The summed E-state index contributed by atoms with van der Waals surface area (Å²) in [7, 11) is 1.62. The smallest absolute Gasteiger partial charge is 0.251 e. The molecule has 1 saturated carbocycles. The second kappa shape index (κ2) is 12.0. The van der Waals surface area contributed by atoms with Crippen molar-refractivity contribution in [1.82, 2.24) is 15.1 Å². The quantitative estimate of drug-likeness (QED) is 0.592. The molecule has 34 heavy (non-hydrogen) atoms. The topological polar surface area (TPSA) is 79.0 Å². The van der Waals surface area contributed by atoms with Gasteiger partial charge in [0, 0.05) is 36.8 Å². The Bertz CT molecular complexity index is 899. The second-order valence-electron chi connectivity index (χ2n) is 9.32. The number of carbonyl (C=O) groups is 3. The van der Waals surface area contributed by atoms with E-state index in [1.807, 2.05) is 45.0 Å². The highest BCUT2D eigenvalue weighted by Crippen LogP contribution is 2.32. The number of amides is 3. The van der Waals surface area contributed by atoms with E-state index in [0.29, 0.717) is 37.3 Å². The summed E-state index contributed by atoms with van der Waals surface area (Å²) in [5.41, 5.74) is 2.25. The molecule has 1 atom stereocenters. The molecule has 7 heteroatoms. The molecule has 0 saturated heterocycles. The first kappa shape index (κ1) is 25.8. The third kappa shape index (κ3) is 6.19. The van der Waals surface area contributed by atoms with Crippen LogP contribution in [0.2, 0.25) is 0 Å². The maximum atomic E-state index is 13.5. The highest BCUT2D eigenvalue weighted by molar-refractivity contribution is 5.98. The van der Waals surface area contributed by atoms with Gasteiger partial charge in [0.05, 0.1) is 19.6 Å². The van der Waals surface area contributed by atoms with Crippen LogP contribution in [-0.2, 0) is 20.9 Å². The summed E-state index contributed by atoms with van der Waals surface area (Å²) < 4.78 is 5.24. The monoisotopic (exact) mass is 469 g/mol. The summed E-state index contributed by atoms with van der Waals surface area (Å²) in [5, 5.41) is 3.13. The van der Waals surface area contributed by atoms with Crippen LogP contribution in [0.25, 0.3) is 0 Å². The van der Waals surface area contributed by atoms with Crippen molar-refractivity contribution in [2.75, 3.05) is 20.2 Å². The molecule has 3 rings (SSSR count). The number of ether oxygens (including phenoxy) is 1. The van der Waals surface area contributed by atoms with Crippen molar-refractivity contribution < 1.29 is 19.1 Å². The Morgan fingerprint density at radius 3 is 2.32 bits per heavy atom. The maximum Gasteiger partial charge on any atom is 0.251 e. The molecule has 0 spiro atoms. The third-order valence-electron chi connectivity index (χ3n) is 7.12. The van der Waals surface area contributed by atoms with Crippen LogP contribution in [0.5, 0.6) is 5.75 Å². The molecule has 1 aliphatic carbocycles. The number of hydrogen-bond donors (Lipinski definition) is 1. The minimum absolute atomic E-state index is 0.0487. The fourth-order valence-electron chi connectivity index (χ4n) is 5.00. The van der Waals surface area contributed by atoms with Gasteiger partial charge in [0.1, 0.15) is 5.75 Å². The van der Waals surface area contributed by atoms with Crippen LogP contribution < -0.4 is 10.1 Å². The lowest BCUT2D eigenvalue weighted by Gasteiger charge is -2.36. The SMILES string of the molecule is CCN(CC)C(=O)C1=C(C)N(Cc2ccc(OC)cc2)C(=O)C(CC(=O)NC2CCCCC2)C1. The van der Waals surface area contributed by atoms with E-state index in [-0.39, 0.29) is 30.2 Å². The van der Waals surface area contributed by atoms with Crippen molar-refractivity contribution in [3.63, 3.8) is 0 Å². The summed E-state index contributed by atoms with van der Waals surface area (Å²) in [4.78, 5) is 43.2. The zero-order valence-corrected chi connectivity index (χ0v) is 21.1. The Kier molecular flexibility index (Phi) is 9.13. The van der Waals surface area contributed by atoms with E-state index in [0.717, 1.165) is 37.0 Å². The minimum atomic E-state index is -0.542. The molecule has 0 radical (unpaired) electrons. The molecule has 1 heterocycles. The van der Waals surface area contributed by atoms with Crippen LogP contribution in [0, 0.1) is 5.92 Å². The summed E-state index contributed by atoms with van der Waals surface area (Å²) in [5.74, 6) is -0.0323. The fourth-order valence-corrected chi connectivity index (χ4v) is 5.00. The van der Waals surface area contributed by atoms with Crippen LogP contribution >= 0.6 is 0 Å². The van der Waals surface area contributed by atoms with Gasteiger partial charge in [0.25, 0.3) is 5.91 Å². The number of allylic oxidation sites excluding steroid dienone is 1. The van der Waals surface area contributed by atoms with Gasteiger partial charge in [-0.25, -0.2) is 0 Å². The Morgan fingerprint density at radius 2 is 1.74 bits per heavy atom. The minimum Gasteiger partial charge on any atom is -0.497 e. The number of nitrogens with zero attached hydrogens (tertiary/aromatic N) is 2. The lowest BCUT2D eigenvalue weighted by atomic mass is 9.87. The molecule has 1 aromatic rings. The molecular formula is C27H39N3O4. The van der Waals surface area contributed by atoms with Crippen LogP contribution in [0.3, 0.4) is 0 Å². The number of benzene rings is 1. The van der Waals surface area contributed by atoms with Crippen LogP contribution in [-0.4, -0.2) is 53.8 Å². The van der Waals surface area contributed by atoms with E-state index in [1.54, 1.807) is 16.9 Å². The van der Waals surface area contributed by atoms with Crippen molar-refractivity contribution in [1.29, 1.82) is 0 Å². The highest BCUT2D eigenvalue weighted by Gasteiger charge is 2.37. The number of carbonyl (C=O) groups excluding carboxylic acids is 3. The lowest BCUT2D eigenvalue weighted by molar-refractivity contribution is -0.139. The number of hydrogen-bond acceptors (Lipinski definition) is 4. The first-order valence-electron chi connectivity index (χ1n) is 12.6. The number of nitrogens with one attached hydrogen (secondary N) is 1. The first-order valence-corrected chi connectivity index (χ1v) is 12.6. The third-order valence-corrected chi connectivity index (χ3v) is 7.12. The van der Waals surface area contributed by atoms with Crippen molar-refractivity contribution in [3.05, 3.63) is 41.1 Å². The van der Waals surface area contributed by atoms with E-state index in [4.69, 9.17) is 4.74 Å².